The molecule has 0 atom stereocenters. The van der Waals surface area contributed by atoms with Crippen molar-refractivity contribution in [3.63, 3.8) is 0 Å². The number of benzene rings is 3. The number of carbonyl (C=O) groups is 1. The normalized spacial score (nSPS) is 11.5. The van der Waals surface area contributed by atoms with Crippen LogP contribution < -0.4 is 15.5 Å². The molecule has 4 aromatic rings. The van der Waals surface area contributed by atoms with E-state index < -0.39 is 0 Å². The van der Waals surface area contributed by atoms with Crippen LogP contribution >= 0.6 is 0 Å². The molecule has 1 amide bonds. The fourth-order valence-corrected chi connectivity index (χ4v) is 3.86. The van der Waals surface area contributed by atoms with Gasteiger partial charge in [-0.25, -0.2) is 0 Å². The van der Waals surface area contributed by atoms with Crippen molar-refractivity contribution in [2.45, 2.75) is 46.6 Å². The topological polar surface area (TPSA) is 68.5 Å². The Hall–Kier alpha value is -3.86. The average molecular weight is 470 g/mol. The van der Waals surface area contributed by atoms with Crippen molar-refractivity contribution in [3.05, 3.63) is 99.2 Å². The predicted molar refractivity (Wildman–Crippen MR) is 140 cm³/mol. The molecule has 4 rings (SSSR count). The van der Waals surface area contributed by atoms with E-state index in [0.29, 0.717) is 23.3 Å². The van der Waals surface area contributed by atoms with Crippen LogP contribution in [0.15, 0.2) is 75.9 Å². The van der Waals surface area contributed by atoms with E-state index in [1.165, 1.54) is 5.56 Å². The van der Waals surface area contributed by atoms with Crippen LogP contribution in [0, 0.1) is 13.8 Å². The van der Waals surface area contributed by atoms with Crippen LogP contribution in [0.2, 0.25) is 0 Å². The number of aryl methyl sites for hydroxylation is 2. The molecular formula is C30H31NO4. The molecule has 0 saturated heterocycles. The molecule has 0 fully saturated rings. The maximum Gasteiger partial charge on any atom is 0.258 e. The molecule has 1 N–H and O–H groups in total. The number of fused-ring (bicyclic) bond motifs is 1. The number of hydrogen-bond donors (Lipinski definition) is 1. The molecular weight excluding hydrogens is 438 g/mol. The minimum atomic E-state index is -0.317. The van der Waals surface area contributed by atoms with Crippen LogP contribution in [-0.2, 0) is 16.8 Å². The number of rotatable bonds is 6. The van der Waals surface area contributed by atoms with Crippen LogP contribution in [0.5, 0.6) is 5.75 Å². The molecule has 0 unspecified atom stereocenters. The Morgan fingerprint density at radius 3 is 2.26 bits per heavy atom. The molecule has 1 aromatic heterocycles. The first-order chi connectivity index (χ1) is 16.6. The summed E-state index contributed by atoms with van der Waals surface area (Å²) >= 11 is 0. The molecule has 5 heteroatoms. The third-order valence-electron chi connectivity index (χ3n) is 6.16. The standard InChI is InChI=1S/C30H31NO4/c1-19-15-24-25(16-20(19)2)35-28(22-11-13-23(14-12-22)30(3,4)5)29(27(24)33)34-18-26(32)31-17-21-9-7-6-8-10-21/h6-16H,17-18H2,1-5H3,(H,31,32). The van der Waals surface area contributed by atoms with E-state index in [1.54, 1.807) is 0 Å². The number of carbonyl (C=O) groups excluding carboxylic acids is 1. The SMILES string of the molecule is Cc1cc2oc(-c3ccc(C(C)(C)C)cc3)c(OCC(=O)NCc3ccccc3)c(=O)c2cc1C. The smallest absolute Gasteiger partial charge is 0.258 e. The first-order valence-electron chi connectivity index (χ1n) is 11.8. The maximum absolute atomic E-state index is 13.5. The first kappa shape index (κ1) is 24.3. The molecule has 180 valence electrons. The van der Waals surface area contributed by atoms with Gasteiger partial charge < -0.3 is 14.5 Å². The zero-order chi connectivity index (χ0) is 25.2. The highest BCUT2D eigenvalue weighted by Gasteiger charge is 2.21. The fourth-order valence-electron chi connectivity index (χ4n) is 3.86. The Labute approximate surface area is 205 Å². The Bertz CT molecular complexity index is 1410. The third kappa shape index (κ3) is 5.46. The van der Waals surface area contributed by atoms with Gasteiger partial charge in [-0.1, -0.05) is 75.4 Å². The van der Waals surface area contributed by atoms with Gasteiger partial charge in [0.25, 0.3) is 5.91 Å². The second-order valence-corrected chi connectivity index (χ2v) is 9.90. The van der Waals surface area contributed by atoms with Gasteiger partial charge in [-0.3, -0.25) is 9.59 Å². The summed E-state index contributed by atoms with van der Waals surface area (Å²) in [5.74, 6) is 0.0451. The summed E-state index contributed by atoms with van der Waals surface area (Å²) in [5.41, 5.74) is 5.08. The van der Waals surface area contributed by atoms with E-state index in [4.69, 9.17) is 9.15 Å². The summed E-state index contributed by atoms with van der Waals surface area (Å²) < 4.78 is 12.1. The minimum absolute atomic E-state index is 0.00639. The molecule has 0 aliphatic heterocycles. The summed E-state index contributed by atoms with van der Waals surface area (Å²) in [5, 5.41) is 3.26. The van der Waals surface area contributed by atoms with Gasteiger partial charge in [-0.05, 0) is 53.6 Å². The summed E-state index contributed by atoms with van der Waals surface area (Å²) in [6, 6.07) is 21.2. The Balaban J connectivity index is 1.68. The number of amides is 1. The zero-order valence-corrected chi connectivity index (χ0v) is 20.9. The summed E-state index contributed by atoms with van der Waals surface area (Å²) in [7, 11) is 0. The van der Waals surface area contributed by atoms with Gasteiger partial charge in [0.2, 0.25) is 11.2 Å². The van der Waals surface area contributed by atoms with Crippen molar-refractivity contribution in [2.24, 2.45) is 0 Å². The van der Waals surface area contributed by atoms with Gasteiger partial charge in [-0.15, -0.1) is 0 Å². The van der Waals surface area contributed by atoms with Gasteiger partial charge >= 0.3 is 0 Å². The van der Waals surface area contributed by atoms with Crippen molar-refractivity contribution in [1.82, 2.24) is 5.32 Å². The Morgan fingerprint density at radius 2 is 1.60 bits per heavy atom. The minimum Gasteiger partial charge on any atom is -0.476 e. The van der Waals surface area contributed by atoms with Gasteiger partial charge in [0.05, 0.1) is 5.39 Å². The second-order valence-electron chi connectivity index (χ2n) is 9.90. The van der Waals surface area contributed by atoms with Gasteiger partial charge in [-0.2, -0.15) is 0 Å². The molecule has 0 radical (unpaired) electrons. The summed E-state index contributed by atoms with van der Waals surface area (Å²) in [6.07, 6.45) is 0. The lowest BCUT2D eigenvalue weighted by Crippen LogP contribution is -2.29. The maximum atomic E-state index is 13.5. The van der Waals surface area contributed by atoms with E-state index in [1.807, 2.05) is 80.6 Å². The average Bonchev–Trinajstić information content (AvgIpc) is 2.83. The van der Waals surface area contributed by atoms with E-state index in [-0.39, 0.29) is 29.1 Å². The molecule has 1 heterocycles. The molecule has 5 nitrogen and oxygen atoms in total. The highest BCUT2D eigenvalue weighted by molar-refractivity contribution is 5.84. The molecule has 0 aliphatic rings. The molecule has 0 spiro atoms. The molecule has 0 saturated carbocycles. The lowest BCUT2D eigenvalue weighted by atomic mass is 9.86. The van der Waals surface area contributed by atoms with Crippen molar-refractivity contribution in [1.29, 1.82) is 0 Å². The van der Waals surface area contributed by atoms with Crippen LogP contribution in [-0.4, -0.2) is 12.5 Å². The number of nitrogens with one attached hydrogen (secondary N) is 1. The number of ether oxygens (including phenoxy) is 1. The molecule has 35 heavy (non-hydrogen) atoms. The lowest BCUT2D eigenvalue weighted by molar-refractivity contribution is -0.123. The third-order valence-corrected chi connectivity index (χ3v) is 6.16. The van der Waals surface area contributed by atoms with Crippen molar-refractivity contribution < 1.29 is 13.9 Å². The Morgan fingerprint density at radius 1 is 0.943 bits per heavy atom. The second kappa shape index (κ2) is 9.79. The molecule has 0 bridgehead atoms. The highest BCUT2D eigenvalue weighted by Crippen LogP contribution is 2.33. The van der Waals surface area contributed by atoms with Crippen molar-refractivity contribution in [2.75, 3.05) is 6.61 Å². The van der Waals surface area contributed by atoms with E-state index in [0.717, 1.165) is 22.3 Å². The first-order valence-corrected chi connectivity index (χ1v) is 11.8. The van der Waals surface area contributed by atoms with Crippen LogP contribution in [0.3, 0.4) is 0 Å². The highest BCUT2D eigenvalue weighted by atomic mass is 16.5. The van der Waals surface area contributed by atoms with Crippen molar-refractivity contribution in [3.8, 4) is 17.1 Å². The van der Waals surface area contributed by atoms with Crippen molar-refractivity contribution >= 4 is 16.9 Å². The molecule has 3 aromatic carbocycles. The zero-order valence-electron chi connectivity index (χ0n) is 20.9. The fraction of sp³-hybridized carbons (Fsp3) is 0.267. The summed E-state index contributed by atoms with van der Waals surface area (Å²) in [6.45, 7) is 10.5. The number of hydrogen-bond acceptors (Lipinski definition) is 4. The van der Waals surface area contributed by atoms with Gasteiger partial charge in [0.1, 0.15) is 5.58 Å². The monoisotopic (exact) mass is 469 g/mol. The summed E-state index contributed by atoms with van der Waals surface area (Å²) in [4.78, 5) is 26.0. The largest absolute Gasteiger partial charge is 0.476 e. The predicted octanol–water partition coefficient (Wildman–Crippen LogP) is 6.07. The van der Waals surface area contributed by atoms with Crippen LogP contribution in [0.4, 0.5) is 0 Å². The Kier molecular flexibility index (Phi) is 6.79. The lowest BCUT2D eigenvalue weighted by Gasteiger charge is -2.19. The van der Waals surface area contributed by atoms with Gasteiger partial charge in [0.15, 0.2) is 12.4 Å². The van der Waals surface area contributed by atoms with Crippen LogP contribution in [0.25, 0.3) is 22.3 Å². The van der Waals surface area contributed by atoms with E-state index in [2.05, 4.69) is 26.1 Å². The quantitative estimate of drug-likeness (QED) is 0.372. The molecule has 0 aliphatic carbocycles. The van der Waals surface area contributed by atoms with Crippen LogP contribution in [0.1, 0.15) is 43.0 Å². The van der Waals surface area contributed by atoms with E-state index >= 15 is 0 Å². The van der Waals surface area contributed by atoms with Gasteiger partial charge in [0, 0.05) is 12.1 Å². The van der Waals surface area contributed by atoms with E-state index in [9.17, 15) is 9.59 Å².